The Kier molecular flexibility index (Phi) is 2.56. The lowest BCUT2D eigenvalue weighted by atomic mass is 10.3. The van der Waals surface area contributed by atoms with Gasteiger partial charge in [0.25, 0.3) is 5.89 Å². The van der Waals surface area contributed by atoms with Gasteiger partial charge in [0, 0.05) is 5.69 Å². The molecule has 1 aromatic carbocycles. The molecule has 3 aromatic rings. The van der Waals surface area contributed by atoms with Crippen LogP contribution in [0.25, 0.3) is 10.2 Å². The van der Waals surface area contributed by atoms with Crippen LogP contribution in [-0.2, 0) is 0 Å². The van der Waals surface area contributed by atoms with Crippen LogP contribution in [-0.4, -0.2) is 15.9 Å². The highest BCUT2D eigenvalue weighted by Crippen LogP contribution is 2.22. The molecule has 1 N–H and O–H groups in total. The van der Waals surface area contributed by atoms with Crippen molar-refractivity contribution in [2.75, 3.05) is 5.32 Å². The second-order valence-corrected chi connectivity index (χ2v) is 4.65. The Morgan fingerprint density at radius 2 is 2.28 bits per heavy atom. The van der Waals surface area contributed by atoms with E-state index in [9.17, 15) is 4.79 Å². The molecule has 18 heavy (non-hydrogen) atoms. The highest BCUT2D eigenvalue weighted by Gasteiger charge is 2.12. The second kappa shape index (κ2) is 4.23. The van der Waals surface area contributed by atoms with Crippen LogP contribution in [0.2, 0.25) is 0 Å². The number of benzene rings is 1. The Labute approximate surface area is 106 Å². The maximum atomic E-state index is 11.8. The number of aromatic nitrogens is 2. The van der Waals surface area contributed by atoms with Crippen LogP contribution < -0.4 is 5.32 Å². The average molecular weight is 259 g/mol. The molecule has 0 unspecified atom stereocenters. The van der Waals surface area contributed by atoms with Crippen molar-refractivity contribution in [1.29, 1.82) is 0 Å². The zero-order chi connectivity index (χ0) is 12.5. The highest BCUT2D eigenvalue weighted by atomic mass is 32.1. The number of nitrogens with one attached hydrogen (secondary N) is 1. The first kappa shape index (κ1) is 10.9. The lowest BCUT2D eigenvalue weighted by molar-refractivity contribution is 0.0989. The van der Waals surface area contributed by atoms with E-state index in [1.165, 1.54) is 17.5 Å². The number of amides is 1. The van der Waals surface area contributed by atoms with Gasteiger partial charge in [-0.15, -0.1) is 11.3 Å². The van der Waals surface area contributed by atoms with Crippen LogP contribution in [0.3, 0.4) is 0 Å². The van der Waals surface area contributed by atoms with Crippen molar-refractivity contribution in [2.24, 2.45) is 0 Å². The summed E-state index contributed by atoms with van der Waals surface area (Å²) in [5.74, 6) is 0.321. The van der Waals surface area contributed by atoms with E-state index in [-0.39, 0.29) is 11.8 Å². The van der Waals surface area contributed by atoms with Crippen molar-refractivity contribution >= 4 is 33.1 Å². The summed E-state index contributed by atoms with van der Waals surface area (Å²) in [4.78, 5) is 19.9. The summed E-state index contributed by atoms with van der Waals surface area (Å²) in [6.45, 7) is 1.74. The number of anilines is 1. The van der Waals surface area contributed by atoms with E-state index in [1.54, 1.807) is 18.5 Å². The standard InChI is InChI=1S/C12H9N3O2S/c1-7-5-13-12(17-7)11(16)15-8-2-3-9-10(4-8)18-6-14-9/h2-6H,1H3,(H,15,16). The predicted octanol–water partition coefficient (Wildman–Crippen LogP) is 2.85. The third-order valence-electron chi connectivity index (χ3n) is 2.40. The fourth-order valence-electron chi connectivity index (χ4n) is 1.58. The summed E-state index contributed by atoms with van der Waals surface area (Å²) in [5.41, 5.74) is 3.39. The molecule has 0 atom stereocenters. The molecule has 0 bridgehead atoms. The van der Waals surface area contributed by atoms with E-state index < -0.39 is 0 Å². The molecule has 0 saturated carbocycles. The monoisotopic (exact) mass is 259 g/mol. The maximum absolute atomic E-state index is 11.8. The van der Waals surface area contributed by atoms with E-state index in [2.05, 4.69) is 15.3 Å². The van der Waals surface area contributed by atoms with Gasteiger partial charge in [0.2, 0.25) is 0 Å². The molecule has 3 rings (SSSR count). The van der Waals surface area contributed by atoms with Gasteiger partial charge in [0.15, 0.2) is 0 Å². The molecule has 5 nitrogen and oxygen atoms in total. The zero-order valence-corrected chi connectivity index (χ0v) is 10.3. The molecule has 90 valence electrons. The SMILES string of the molecule is Cc1cnc(C(=O)Nc2ccc3ncsc3c2)o1. The van der Waals surface area contributed by atoms with Crippen molar-refractivity contribution in [3.05, 3.63) is 41.6 Å². The van der Waals surface area contributed by atoms with Gasteiger partial charge in [0.05, 0.1) is 21.9 Å². The number of thiazole rings is 1. The molecule has 0 aliphatic carbocycles. The minimum Gasteiger partial charge on any atom is -0.438 e. The van der Waals surface area contributed by atoms with E-state index in [1.807, 2.05) is 12.1 Å². The lowest BCUT2D eigenvalue weighted by Gasteiger charge is -2.01. The van der Waals surface area contributed by atoms with E-state index in [0.717, 1.165) is 10.2 Å². The highest BCUT2D eigenvalue weighted by molar-refractivity contribution is 7.16. The van der Waals surface area contributed by atoms with Crippen molar-refractivity contribution < 1.29 is 9.21 Å². The molecule has 2 heterocycles. The molecule has 0 aliphatic heterocycles. The molecule has 1 amide bonds. The Morgan fingerprint density at radius 3 is 3.06 bits per heavy atom. The number of hydrogen-bond acceptors (Lipinski definition) is 5. The van der Waals surface area contributed by atoms with Gasteiger partial charge in [-0.25, -0.2) is 9.97 Å². The molecule has 2 aromatic heterocycles. The van der Waals surface area contributed by atoms with Crippen LogP contribution in [0.15, 0.2) is 34.3 Å². The van der Waals surface area contributed by atoms with Crippen molar-refractivity contribution in [3.63, 3.8) is 0 Å². The fraction of sp³-hybridized carbons (Fsp3) is 0.0833. The van der Waals surface area contributed by atoms with Gasteiger partial charge in [-0.3, -0.25) is 4.79 Å². The summed E-state index contributed by atoms with van der Waals surface area (Å²) in [5, 5.41) is 2.74. The number of oxazole rings is 1. The first-order valence-electron chi connectivity index (χ1n) is 5.29. The minimum absolute atomic E-state index is 0.0666. The van der Waals surface area contributed by atoms with Gasteiger partial charge in [0.1, 0.15) is 5.76 Å². The molecule has 0 radical (unpaired) electrons. The van der Waals surface area contributed by atoms with Gasteiger partial charge < -0.3 is 9.73 Å². The number of nitrogens with zero attached hydrogens (tertiary/aromatic N) is 2. The first-order valence-corrected chi connectivity index (χ1v) is 6.17. The second-order valence-electron chi connectivity index (χ2n) is 3.77. The lowest BCUT2D eigenvalue weighted by Crippen LogP contribution is -2.11. The smallest absolute Gasteiger partial charge is 0.311 e. The summed E-state index contributed by atoms with van der Waals surface area (Å²) >= 11 is 1.53. The molecular formula is C12H9N3O2S. The van der Waals surface area contributed by atoms with Gasteiger partial charge in [-0.2, -0.15) is 0 Å². The molecule has 6 heteroatoms. The van der Waals surface area contributed by atoms with Gasteiger partial charge in [-0.05, 0) is 25.1 Å². The Bertz CT molecular complexity index is 717. The van der Waals surface area contributed by atoms with Gasteiger partial charge >= 0.3 is 5.91 Å². The number of carbonyl (C=O) groups excluding carboxylic acids is 1. The molecule has 0 fully saturated rings. The summed E-state index contributed by atoms with van der Waals surface area (Å²) in [6.07, 6.45) is 1.52. The molecule has 0 aliphatic rings. The maximum Gasteiger partial charge on any atom is 0.311 e. The number of rotatable bonds is 2. The van der Waals surface area contributed by atoms with Crippen LogP contribution in [0.5, 0.6) is 0 Å². The van der Waals surface area contributed by atoms with Crippen molar-refractivity contribution in [1.82, 2.24) is 9.97 Å². The summed E-state index contributed by atoms with van der Waals surface area (Å²) in [6, 6.07) is 5.54. The average Bonchev–Trinajstić information content (AvgIpc) is 2.96. The Morgan fingerprint density at radius 1 is 1.39 bits per heavy atom. The first-order chi connectivity index (χ1) is 8.72. The Balaban J connectivity index is 1.85. The Hall–Kier alpha value is -2.21. The number of carbonyl (C=O) groups is 1. The number of aryl methyl sites for hydroxylation is 1. The van der Waals surface area contributed by atoms with E-state index in [4.69, 9.17) is 4.42 Å². The third-order valence-corrected chi connectivity index (χ3v) is 3.20. The van der Waals surface area contributed by atoms with Crippen LogP contribution >= 0.6 is 11.3 Å². The van der Waals surface area contributed by atoms with Crippen molar-refractivity contribution in [3.8, 4) is 0 Å². The number of fused-ring (bicyclic) bond motifs is 1. The summed E-state index contributed by atoms with van der Waals surface area (Å²) in [7, 11) is 0. The van der Waals surface area contributed by atoms with Crippen molar-refractivity contribution in [2.45, 2.75) is 6.92 Å². The van der Waals surface area contributed by atoms with Crippen LogP contribution in [0.1, 0.15) is 16.4 Å². The molecule has 0 saturated heterocycles. The van der Waals surface area contributed by atoms with E-state index in [0.29, 0.717) is 11.4 Å². The topological polar surface area (TPSA) is 68.0 Å². The number of hydrogen-bond donors (Lipinski definition) is 1. The van der Waals surface area contributed by atoms with Crippen LogP contribution in [0, 0.1) is 6.92 Å². The normalized spacial score (nSPS) is 10.7. The fourth-order valence-corrected chi connectivity index (χ4v) is 2.29. The zero-order valence-electron chi connectivity index (χ0n) is 9.51. The van der Waals surface area contributed by atoms with Gasteiger partial charge in [-0.1, -0.05) is 0 Å². The van der Waals surface area contributed by atoms with Crippen LogP contribution in [0.4, 0.5) is 5.69 Å². The molecule has 0 spiro atoms. The quantitative estimate of drug-likeness (QED) is 0.768. The largest absolute Gasteiger partial charge is 0.438 e. The molecular weight excluding hydrogens is 250 g/mol. The third kappa shape index (κ3) is 1.98. The summed E-state index contributed by atoms with van der Waals surface area (Å²) < 4.78 is 6.18. The minimum atomic E-state index is -0.355. The van der Waals surface area contributed by atoms with E-state index >= 15 is 0 Å². The predicted molar refractivity (Wildman–Crippen MR) is 68.8 cm³/mol.